The Hall–Kier alpha value is -3.81. The van der Waals surface area contributed by atoms with Gasteiger partial charge < -0.3 is 9.64 Å². The van der Waals surface area contributed by atoms with Crippen molar-refractivity contribution in [2.24, 2.45) is 0 Å². The Morgan fingerprint density at radius 2 is 2.06 bits per heavy atom. The zero-order valence-electron chi connectivity index (χ0n) is 19.1. The fourth-order valence-electron chi connectivity index (χ4n) is 4.34. The van der Waals surface area contributed by atoms with E-state index in [1.54, 1.807) is 24.3 Å². The largest absolute Gasteiger partial charge is 0.496 e. The number of amides is 2. The number of carbonyl (C=O) groups is 2. The van der Waals surface area contributed by atoms with Gasteiger partial charge in [0.1, 0.15) is 11.4 Å². The molecular weight excluding hydrogens is 435 g/mol. The van der Waals surface area contributed by atoms with Crippen molar-refractivity contribution in [3.63, 3.8) is 0 Å². The molecule has 1 aromatic carbocycles. The van der Waals surface area contributed by atoms with Crippen LogP contribution in [-0.4, -0.2) is 53.4 Å². The normalized spacial score (nSPS) is 15.1. The van der Waals surface area contributed by atoms with E-state index < -0.39 is 5.82 Å². The third kappa shape index (κ3) is 4.11. The molecule has 1 aliphatic heterocycles. The Morgan fingerprint density at radius 3 is 2.74 bits per heavy atom. The maximum absolute atomic E-state index is 14.3. The number of anilines is 1. The first-order valence-electron chi connectivity index (χ1n) is 11.3. The lowest BCUT2D eigenvalue weighted by atomic mass is 9.93. The van der Waals surface area contributed by atoms with Gasteiger partial charge in [-0.3, -0.25) is 19.5 Å². The number of ether oxygens (including phenoxy) is 1. The lowest BCUT2D eigenvalue weighted by Gasteiger charge is -2.29. The van der Waals surface area contributed by atoms with E-state index in [1.807, 2.05) is 25.2 Å². The lowest BCUT2D eigenvalue weighted by molar-refractivity contribution is 0.0779. The number of halogens is 1. The predicted molar refractivity (Wildman–Crippen MR) is 125 cm³/mol. The molecule has 3 heterocycles. The summed E-state index contributed by atoms with van der Waals surface area (Å²) in [7, 11) is 3.41. The Bertz CT molecular complexity index is 1260. The van der Waals surface area contributed by atoms with Crippen molar-refractivity contribution in [1.29, 1.82) is 0 Å². The zero-order valence-corrected chi connectivity index (χ0v) is 19.1. The fourth-order valence-corrected chi connectivity index (χ4v) is 4.34. The van der Waals surface area contributed by atoms with E-state index in [1.165, 1.54) is 23.2 Å². The molecule has 0 radical (unpaired) electrons. The van der Waals surface area contributed by atoms with Gasteiger partial charge >= 0.3 is 0 Å². The van der Waals surface area contributed by atoms with E-state index in [9.17, 15) is 14.0 Å². The Balaban J connectivity index is 1.40. The standard InChI is InChI=1S/C26H25FN4O3/c1-30(19-6-7-19)26(33)22-8-5-16(15-29-22)12-18-13-20-17(14-23(18)34-2)9-11-31(25(20)32)24-21(27)4-3-10-28-24/h3-5,8,10,13-15,19H,6-7,9,11-12H2,1-2H3. The maximum Gasteiger partial charge on any atom is 0.272 e. The third-order valence-electron chi connectivity index (χ3n) is 6.43. The average molecular weight is 461 g/mol. The molecule has 3 aromatic rings. The number of pyridine rings is 2. The van der Waals surface area contributed by atoms with E-state index in [2.05, 4.69) is 9.97 Å². The van der Waals surface area contributed by atoms with Crippen LogP contribution in [0.1, 0.15) is 50.4 Å². The van der Waals surface area contributed by atoms with Crippen LogP contribution in [0.3, 0.4) is 0 Å². The van der Waals surface area contributed by atoms with E-state index in [4.69, 9.17) is 4.74 Å². The number of carbonyl (C=O) groups excluding carboxylic acids is 2. The maximum atomic E-state index is 14.3. The van der Waals surface area contributed by atoms with Crippen molar-refractivity contribution in [2.45, 2.75) is 31.7 Å². The smallest absolute Gasteiger partial charge is 0.272 e. The third-order valence-corrected chi connectivity index (χ3v) is 6.43. The van der Waals surface area contributed by atoms with Gasteiger partial charge in [-0.15, -0.1) is 0 Å². The van der Waals surface area contributed by atoms with Gasteiger partial charge in [-0.2, -0.15) is 0 Å². The predicted octanol–water partition coefficient (Wildman–Crippen LogP) is 3.65. The monoisotopic (exact) mass is 460 g/mol. The molecular formula is C26H25FN4O3. The van der Waals surface area contributed by atoms with Gasteiger partial charge in [0.05, 0.1) is 7.11 Å². The van der Waals surface area contributed by atoms with Gasteiger partial charge in [0.25, 0.3) is 11.8 Å². The summed E-state index contributed by atoms with van der Waals surface area (Å²) < 4.78 is 19.9. The number of rotatable bonds is 6. The molecule has 0 N–H and O–H groups in total. The molecule has 2 amide bonds. The van der Waals surface area contributed by atoms with E-state index >= 15 is 0 Å². The molecule has 174 valence electrons. The number of fused-ring (bicyclic) bond motifs is 1. The number of methoxy groups -OCH3 is 1. The second kappa shape index (κ2) is 8.85. The lowest BCUT2D eigenvalue weighted by Crippen LogP contribution is -2.38. The summed E-state index contributed by atoms with van der Waals surface area (Å²) in [5, 5.41) is 0. The van der Waals surface area contributed by atoms with Crippen LogP contribution >= 0.6 is 0 Å². The molecule has 34 heavy (non-hydrogen) atoms. The van der Waals surface area contributed by atoms with Crippen molar-refractivity contribution in [2.75, 3.05) is 25.6 Å². The molecule has 1 aliphatic carbocycles. The highest BCUT2D eigenvalue weighted by Gasteiger charge is 2.31. The van der Waals surface area contributed by atoms with Gasteiger partial charge in [-0.05, 0) is 66.3 Å². The fraction of sp³-hybridized carbons (Fsp3) is 0.308. The van der Waals surface area contributed by atoms with Crippen molar-refractivity contribution in [3.8, 4) is 5.75 Å². The van der Waals surface area contributed by atoms with Crippen LogP contribution in [0.25, 0.3) is 0 Å². The van der Waals surface area contributed by atoms with E-state index in [0.29, 0.717) is 42.4 Å². The number of aromatic nitrogens is 2. The van der Waals surface area contributed by atoms with Crippen LogP contribution in [-0.2, 0) is 12.8 Å². The van der Waals surface area contributed by atoms with Crippen LogP contribution in [0.5, 0.6) is 5.75 Å². The first-order valence-corrected chi connectivity index (χ1v) is 11.3. The second-order valence-electron chi connectivity index (χ2n) is 8.71. The van der Waals surface area contributed by atoms with Crippen LogP contribution in [0, 0.1) is 5.82 Å². The average Bonchev–Trinajstić information content (AvgIpc) is 3.70. The molecule has 8 heteroatoms. The highest BCUT2D eigenvalue weighted by atomic mass is 19.1. The summed E-state index contributed by atoms with van der Waals surface area (Å²) in [6.07, 6.45) is 6.29. The van der Waals surface area contributed by atoms with Gasteiger partial charge in [0, 0.05) is 44.0 Å². The first-order chi connectivity index (χ1) is 16.5. The summed E-state index contributed by atoms with van der Waals surface area (Å²) in [5.74, 6) is -0.173. The van der Waals surface area contributed by atoms with Crippen molar-refractivity contribution in [3.05, 3.63) is 82.6 Å². The molecule has 0 bridgehead atoms. The minimum absolute atomic E-state index is 0.0381. The van der Waals surface area contributed by atoms with E-state index in [-0.39, 0.29) is 17.6 Å². The summed E-state index contributed by atoms with van der Waals surface area (Å²) in [5.41, 5.74) is 3.49. The van der Waals surface area contributed by atoms with Crippen molar-refractivity contribution in [1.82, 2.24) is 14.9 Å². The topological polar surface area (TPSA) is 75.6 Å². The van der Waals surface area contributed by atoms with Gasteiger partial charge in [0.2, 0.25) is 0 Å². The molecule has 1 fully saturated rings. The number of benzene rings is 1. The van der Waals surface area contributed by atoms with Gasteiger partial charge in [-0.25, -0.2) is 9.37 Å². The Kier molecular flexibility index (Phi) is 5.73. The van der Waals surface area contributed by atoms with Crippen LogP contribution in [0.4, 0.5) is 10.2 Å². The quantitative estimate of drug-likeness (QED) is 0.561. The zero-order chi connectivity index (χ0) is 23.8. The summed E-state index contributed by atoms with van der Waals surface area (Å²) in [4.78, 5) is 37.3. The molecule has 0 atom stereocenters. The summed E-state index contributed by atoms with van der Waals surface area (Å²) >= 11 is 0. The number of hydrogen-bond acceptors (Lipinski definition) is 5. The van der Waals surface area contributed by atoms with Crippen molar-refractivity contribution >= 4 is 17.6 Å². The molecule has 7 nitrogen and oxygen atoms in total. The highest BCUT2D eigenvalue weighted by Crippen LogP contribution is 2.32. The highest BCUT2D eigenvalue weighted by molar-refractivity contribution is 6.08. The Morgan fingerprint density at radius 1 is 1.24 bits per heavy atom. The minimum Gasteiger partial charge on any atom is -0.496 e. The van der Waals surface area contributed by atoms with Crippen LogP contribution in [0.2, 0.25) is 0 Å². The molecule has 0 saturated heterocycles. The molecule has 2 aromatic heterocycles. The number of nitrogens with zero attached hydrogens (tertiary/aromatic N) is 4. The van der Waals surface area contributed by atoms with Crippen LogP contribution < -0.4 is 9.64 Å². The van der Waals surface area contributed by atoms with Crippen LogP contribution in [0.15, 0.2) is 48.8 Å². The molecule has 0 spiro atoms. The Labute approximate surface area is 197 Å². The minimum atomic E-state index is -0.527. The molecule has 5 rings (SSSR count). The summed E-state index contributed by atoms with van der Waals surface area (Å²) in [6.45, 7) is 0.344. The number of hydrogen-bond donors (Lipinski definition) is 0. The summed E-state index contributed by atoms with van der Waals surface area (Å²) in [6, 6.07) is 10.4. The van der Waals surface area contributed by atoms with E-state index in [0.717, 1.165) is 29.5 Å². The van der Waals surface area contributed by atoms with Gasteiger partial charge in [0.15, 0.2) is 11.6 Å². The second-order valence-corrected chi connectivity index (χ2v) is 8.71. The van der Waals surface area contributed by atoms with Crippen molar-refractivity contribution < 1.29 is 18.7 Å². The molecule has 1 saturated carbocycles. The molecule has 0 unspecified atom stereocenters. The molecule has 2 aliphatic rings. The SMILES string of the molecule is COc1cc2c(cc1Cc1ccc(C(=O)N(C)C3CC3)nc1)C(=O)N(c1ncccc1F)CC2. The first kappa shape index (κ1) is 22.0. The van der Waals surface area contributed by atoms with Gasteiger partial charge in [-0.1, -0.05) is 6.07 Å².